The Bertz CT molecular complexity index is 329. The molecule has 0 radical (unpaired) electrons. The summed E-state index contributed by atoms with van der Waals surface area (Å²) in [6.07, 6.45) is 2.62. The molecule has 5 nitrogen and oxygen atoms in total. The first-order valence-electron chi connectivity index (χ1n) is 7.85. The normalized spacial score (nSPS) is 36.0. The minimum atomic E-state index is -0.342. The topological polar surface area (TPSA) is 61.8 Å². The maximum atomic E-state index is 11.6. The lowest BCUT2D eigenvalue weighted by atomic mass is 9.78. The Labute approximate surface area is 121 Å². The second-order valence-corrected chi connectivity index (χ2v) is 6.48. The largest absolute Gasteiger partial charge is 0.450 e. The van der Waals surface area contributed by atoms with Gasteiger partial charge in [-0.2, -0.15) is 0 Å². The van der Waals surface area contributed by atoms with Crippen LogP contribution in [0, 0.1) is 11.8 Å². The number of piperidine rings is 1. The molecular weight excluding hydrogens is 256 g/mol. The minimum absolute atomic E-state index is 0.0818. The molecule has 3 unspecified atom stereocenters. The van der Waals surface area contributed by atoms with E-state index in [1.807, 2.05) is 6.92 Å². The standard InChI is InChI=1S/C15H28N2O3/c1-4-20-15(19)16-13-7-12(11(3)18)8-17(9-13)14-5-10(2)6-14/h10-14,18H,4-9H2,1-3H3,(H,16,19). The van der Waals surface area contributed by atoms with Crippen LogP contribution in [0.25, 0.3) is 0 Å². The lowest BCUT2D eigenvalue weighted by molar-refractivity contribution is -0.00299. The van der Waals surface area contributed by atoms with Crippen molar-refractivity contribution in [3.8, 4) is 0 Å². The molecule has 2 rings (SSSR count). The number of hydrogen-bond acceptors (Lipinski definition) is 4. The first kappa shape index (κ1) is 15.6. The van der Waals surface area contributed by atoms with E-state index in [2.05, 4.69) is 17.1 Å². The van der Waals surface area contributed by atoms with E-state index >= 15 is 0 Å². The number of ether oxygens (including phenoxy) is 1. The third-order valence-electron chi connectivity index (χ3n) is 4.66. The van der Waals surface area contributed by atoms with E-state index in [1.165, 1.54) is 12.8 Å². The Morgan fingerprint density at radius 3 is 2.65 bits per heavy atom. The van der Waals surface area contributed by atoms with Gasteiger partial charge in [-0.05, 0) is 44.9 Å². The maximum Gasteiger partial charge on any atom is 0.407 e. The van der Waals surface area contributed by atoms with Crippen molar-refractivity contribution in [1.29, 1.82) is 0 Å². The highest BCUT2D eigenvalue weighted by Crippen LogP contribution is 2.34. The highest BCUT2D eigenvalue weighted by atomic mass is 16.5. The molecule has 1 heterocycles. The van der Waals surface area contributed by atoms with Gasteiger partial charge < -0.3 is 15.2 Å². The van der Waals surface area contributed by atoms with E-state index < -0.39 is 0 Å². The number of rotatable bonds is 4. The molecule has 0 aromatic rings. The number of alkyl carbamates (subject to hydrolysis) is 1. The first-order valence-corrected chi connectivity index (χ1v) is 7.85. The van der Waals surface area contributed by atoms with E-state index in [0.29, 0.717) is 12.6 Å². The van der Waals surface area contributed by atoms with Crippen molar-refractivity contribution in [3.05, 3.63) is 0 Å². The predicted molar refractivity (Wildman–Crippen MR) is 77.5 cm³/mol. The van der Waals surface area contributed by atoms with Gasteiger partial charge in [0, 0.05) is 25.2 Å². The quantitative estimate of drug-likeness (QED) is 0.823. The third-order valence-corrected chi connectivity index (χ3v) is 4.66. The van der Waals surface area contributed by atoms with Crippen LogP contribution in [0.1, 0.15) is 40.0 Å². The van der Waals surface area contributed by atoms with Crippen LogP contribution in [0.5, 0.6) is 0 Å². The van der Waals surface area contributed by atoms with Crippen molar-refractivity contribution in [2.75, 3.05) is 19.7 Å². The van der Waals surface area contributed by atoms with Gasteiger partial charge in [0.25, 0.3) is 0 Å². The Hall–Kier alpha value is -0.810. The minimum Gasteiger partial charge on any atom is -0.450 e. The molecule has 2 aliphatic rings. The molecule has 1 aliphatic carbocycles. The zero-order chi connectivity index (χ0) is 14.7. The van der Waals surface area contributed by atoms with Crippen LogP contribution in [0.4, 0.5) is 4.79 Å². The Morgan fingerprint density at radius 2 is 2.10 bits per heavy atom. The second-order valence-electron chi connectivity index (χ2n) is 6.48. The molecule has 116 valence electrons. The van der Waals surface area contributed by atoms with Crippen molar-refractivity contribution in [1.82, 2.24) is 10.2 Å². The Kier molecular flexibility index (Phi) is 5.27. The molecule has 1 aliphatic heterocycles. The summed E-state index contributed by atoms with van der Waals surface area (Å²) in [5.74, 6) is 1.04. The molecule has 0 spiro atoms. The summed E-state index contributed by atoms with van der Waals surface area (Å²) in [6.45, 7) is 8.14. The molecule has 0 aromatic carbocycles. The summed E-state index contributed by atoms with van der Waals surface area (Å²) in [7, 11) is 0. The zero-order valence-electron chi connectivity index (χ0n) is 12.8. The fraction of sp³-hybridized carbons (Fsp3) is 0.933. The summed E-state index contributed by atoms with van der Waals surface area (Å²) in [5.41, 5.74) is 0. The Morgan fingerprint density at radius 1 is 1.40 bits per heavy atom. The van der Waals surface area contributed by atoms with Gasteiger partial charge in [0.1, 0.15) is 0 Å². The fourth-order valence-electron chi connectivity index (χ4n) is 3.42. The molecule has 2 N–H and O–H groups in total. The number of likely N-dealkylation sites (tertiary alicyclic amines) is 1. The van der Waals surface area contributed by atoms with Crippen molar-refractivity contribution < 1.29 is 14.6 Å². The average molecular weight is 284 g/mol. The molecule has 2 fully saturated rings. The number of aliphatic hydroxyl groups excluding tert-OH is 1. The molecule has 5 heteroatoms. The number of nitrogens with zero attached hydrogens (tertiary/aromatic N) is 1. The summed E-state index contributed by atoms with van der Waals surface area (Å²) in [5, 5.41) is 12.8. The van der Waals surface area contributed by atoms with E-state index in [0.717, 1.165) is 25.4 Å². The number of carbonyl (C=O) groups is 1. The average Bonchev–Trinajstić information content (AvgIpc) is 2.34. The predicted octanol–water partition coefficient (Wildman–Crippen LogP) is 1.60. The molecular formula is C15H28N2O3. The first-order chi connectivity index (χ1) is 9.49. The van der Waals surface area contributed by atoms with Gasteiger partial charge in [-0.1, -0.05) is 6.92 Å². The molecule has 20 heavy (non-hydrogen) atoms. The van der Waals surface area contributed by atoms with Crippen molar-refractivity contribution in [2.45, 2.75) is 58.2 Å². The summed E-state index contributed by atoms with van der Waals surface area (Å²) in [4.78, 5) is 14.0. The van der Waals surface area contributed by atoms with Crippen molar-refractivity contribution >= 4 is 6.09 Å². The van der Waals surface area contributed by atoms with Gasteiger partial charge in [-0.15, -0.1) is 0 Å². The lowest BCUT2D eigenvalue weighted by Gasteiger charge is -2.48. The molecule has 1 saturated heterocycles. The zero-order valence-corrected chi connectivity index (χ0v) is 12.8. The van der Waals surface area contributed by atoms with Gasteiger partial charge in [-0.25, -0.2) is 4.79 Å². The number of amides is 1. The van der Waals surface area contributed by atoms with Gasteiger partial charge in [0.15, 0.2) is 0 Å². The number of hydrogen-bond donors (Lipinski definition) is 2. The van der Waals surface area contributed by atoms with Crippen LogP contribution in [0.3, 0.4) is 0 Å². The molecule has 1 amide bonds. The van der Waals surface area contributed by atoms with Gasteiger partial charge in [-0.3, -0.25) is 4.90 Å². The van der Waals surface area contributed by atoms with Crippen LogP contribution in [-0.2, 0) is 4.74 Å². The van der Waals surface area contributed by atoms with Gasteiger partial charge in [0.05, 0.1) is 12.7 Å². The highest BCUT2D eigenvalue weighted by molar-refractivity contribution is 5.67. The molecule has 0 bridgehead atoms. The molecule has 3 atom stereocenters. The van der Waals surface area contributed by atoms with Gasteiger partial charge in [0.2, 0.25) is 0 Å². The number of nitrogens with one attached hydrogen (secondary N) is 1. The van der Waals surface area contributed by atoms with E-state index in [4.69, 9.17) is 4.74 Å². The van der Waals surface area contributed by atoms with Crippen molar-refractivity contribution in [2.24, 2.45) is 11.8 Å². The van der Waals surface area contributed by atoms with Crippen LogP contribution < -0.4 is 5.32 Å². The summed E-state index contributed by atoms with van der Waals surface area (Å²) < 4.78 is 4.96. The highest BCUT2D eigenvalue weighted by Gasteiger charge is 2.38. The smallest absolute Gasteiger partial charge is 0.407 e. The van der Waals surface area contributed by atoms with Crippen LogP contribution in [-0.4, -0.2) is 54.0 Å². The Balaban J connectivity index is 1.92. The van der Waals surface area contributed by atoms with E-state index in [1.54, 1.807) is 6.92 Å². The second kappa shape index (κ2) is 6.76. The summed E-state index contributed by atoms with van der Waals surface area (Å²) in [6, 6.07) is 0.705. The van der Waals surface area contributed by atoms with E-state index in [9.17, 15) is 9.90 Å². The fourth-order valence-corrected chi connectivity index (χ4v) is 3.42. The maximum absolute atomic E-state index is 11.6. The van der Waals surface area contributed by atoms with Crippen LogP contribution in [0.15, 0.2) is 0 Å². The number of carbonyl (C=O) groups excluding carboxylic acids is 1. The molecule has 1 saturated carbocycles. The lowest BCUT2D eigenvalue weighted by Crippen LogP contribution is -2.57. The van der Waals surface area contributed by atoms with Crippen molar-refractivity contribution in [3.63, 3.8) is 0 Å². The van der Waals surface area contributed by atoms with Crippen LogP contribution in [0.2, 0.25) is 0 Å². The SMILES string of the molecule is CCOC(=O)NC1CC(C(C)O)CN(C2CC(C)C2)C1. The third kappa shape index (κ3) is 3.85. The summed E-state index contributed by atoms with van der Waals surface area (Å²) >= 11 is 0. The van der Waals surface area contributed by atoms with Gasteiger partial charge >= 0.3 is 6.09 Å². The monoisotopic (exact) mass is 284 g/mol. The molecule has 0 aromatic heterocycles. The van der Waals surface area contributed by atoms with E-state index in [-0.39, 0.29) is 24.2 Å². The number of aliphatic hydroxyl groups is 1. The van der Waals surface area contributed by atoms with Crippen LogP contribution >= 0.6 is 0 Å².